The fraction of sp³-hybridized carbons (Fsp3) is 0.0870. The van der Waals surface area contributed by atoms with Gasteiger partial charge in [-0.05, 0) is 29.2 Å². The molecule has 0 radical (unpaired) electrons. The van der Waals surface area contributed by atoms with E-state index in [-0.39, 0.29) is 5.91 Å². The van der Waals surface area contributed by atoms with Crippen LogP contribution >= 0.6 is 0 Å². The molecule has 3 heterocycles. The molecule has 17 heteroatoms. The molecule has 40 heavy (non-hydrogen) atoms. The number of benzene rings is 1. The zero-order valence-corrected chi connectivity index (χ0v) is 19.5. The number of nitrogens with one attached hydrogen (secondary N) is 3. The number of fused-ring (bicyclic) bond motifs is 1. The summed E-state index contributed by atoms with van der Waals surface area (Å²) in [5, 5.41) is 29.7. The molecule has 0 saturated carbocycles. The molecule has 0 saturated heterocycles. The SMILES string of the molecule is N#Cc1ccccc1-c1[nH]c(C(=O)Nc2cc[nH+]cn2)c2cccc[n+]12.O=C([O-])C(F)(F)F.O=C([O-])C(F)(F)F. The van der Waals surface area contributed by atoms with E-state index in [1.165, 1.54) is 6.33 Å². The second-order valence-electron chi connectivity index (χ2n) is 7.13. The van der Waals surface area contributed by atoms with Crippen molar-refractivity contribution in [2.75, 3.05) is 5.32 Å². The summed E-state index contributed by atoms with van der Waals surface area (Å²) in [6, 6.07) is 16.7. The van der Waals surface area contributed by atoms with Gasteiger partial charge in [-0.1, -0.05) is 18.2 Å². The molecule has 1 aromatic carbocycles. The number of carboxylic acid groups (broad SMARTS) is 2. The Morgan fingerprint density at radius 1 is 0.950 bits per heavy atom. The van der Waals surface area contributed by atoms with Gasteiger partial charge in [-0.3, -0.25) is 15.1 Å². The Balaban J connectivity index is 0.000000333. The van der Waals surface area contributed by atoms with Crippen molar-refractivity contribution in [1.29, 1.82) is 5.26 Å². The van der Waals surface area contributed by atoms with E-state index >= 15 is 0 Å². The zero-order chi connectivity index (χ0) is 30.1. The molecule has 0 bridgehead atoms. The van der Waals surface area contributed by atoms with Crippen LogP contribution in [0.3, 0.4) is 0 Å². The summed E-state index contributed by atoms with van der Waals surface area (Å²) in [6.45, 7) is 0. The van der Waals surface area contributed by atoms with E-state index < -0.39 is 24.3 Å². The lowest BCUT2D eigenvalue weighted by Gasteiger charge is -2.03. The first kappa shape index (κ1) is 30.7. The summed E-state index contributed by atoms with van der Waals surface area (Å²) in [7, 11) is 0. The number of imidazole rings is 1. The number of H-pyrrole nitrogens is 2. The Morgan fingerprint density at radius 2 is 1.52 bits per heavy atom. The van der Waals surface area contributed by atoms with Crippen molar-refractivity contribution < 1.29 is 60.3 Å². The lowest BCUT2D eigenvalue weighted by atomic mass is 10.1. The lowest BCUT2D eigenvalue weighted by Crippen LogP contribution is -2.37. The van der Waals surface area contributed by atoms with Gasteiger partial charge in [0.15, 0.2) is 5.52 Å². The second kappa shape index (κ2) is 12.8. The van der Waals surface area contributed by atoms with Crippen molar-refractivity contribution in [3.63, 3.8) is 0 Å². The van der Waals surface area contributed by atoms with E-state index in [2.05, 4.69) is 26.3 Å². The summed E-state index contributed by atoms with van der Waals surface area (Å²) >= 11 is 0. The van der Waals surface area contributed by atoms with E-state index in [9.17, 15) is 36.4 Å². The number of pyridine rings is 1. The average molecular weight is 568 g/mol. The maximum absolute atomic E-state index is 12.8. The van der Waals surface area contributed by atoms with E-state index in [1.807, 2.05) is 47.0 Å². The van der Waals surface area contributed by atoms with Crippen LogP contribution < -0.4 is 24.9 Å². The summed E-state index contributed by atoms with van der Waals surface area (Å²) in [6.07, 6.45) is -5.37. The van der Waals surface area contributed by atoms with Crippen molar-refractivity contribution in [3.05, 3.63) is 78.5 Å². The largest absolute Gasteiger partial charge is 0.542 e. The molecule has 0 fully saturated rings. The number of aromatic nitrogens is 4. The number of alkyl halides is 6. The van der Waals surface area contributed by atoms with E-state index in [4.69, 9.17) is 19.8 Å². The second-order valence-corrected chi connectivity index (χ2v) is 7.13. The molecule has 3 aromatic heterocycles. The van der Waals surface area contributed by atoms with Crippen LogP contribution in [0.2, 0.25) is 0 Å². The highest BCUT2D eigenvalue weighted by Crippen LogP contribution is 2.21. The molecule has 0 aliphatic carbocycles. The first-order valence-electron chi connectivity index (χ1n) is 10.4. The van der Waals surface area contributed by atoms with Crippen LogP contribution in [0.15, 0.2) is 67.3 Å². The summed E-state index contributed by atoms with van der Waals surface area (Å²) in [4.78, 5) is 40.4. The summed E-state index contributed by atoms with van der Waals surface area (Å²) < 4.78 is 65.0. The van der Waals surface area contributed by atoms with Crippen molar-refractivity contribution >= 4 is 29.2 Å². The molecule has 0 spiro atoms. The minimum absolute atomic E-state index is 0.312. The Bertz CT molecular complexity index is 1520. The molecule has 0 aliphatic rings. The number of halogens is 6. The van der Waals surface area contributed by atoms with Crippen molar-refractivity contribution in [3.8, 4) is 17.5 Å². The first-order valence-corrected chi connectivity index (χ1v) is 10.4. The predicted octanol–water partition coefficient (Wildman–Crippen LogP) is 0.351. The number of carboxylic acids is 2. The molecule has 0 unspecified atom stereocenters. The van der Waals surface area contributed by atoms with Crippen molar-refractivity contribution in [2.24, 2.45) is 0 Å². The Hall–Kier alpha value is -5.53. The molecule has 0 atom stereocenters. The number of amides is 1. The molecule has 1 amide bonds. The number of aromatic amines is 2. The number of carbonyl (C=O) groups is 3. The van der Waals surface area contributed by atoms with Crippen LogP contribution in [0, 0.1) is 11.3 Å². The number of anilines is 1. The minimum atomic E-state index is -5.19. The smallest absolute Gasteiger partial charge is 0.430 e. The molecule has 3 N–H and O–H groups in total. The molecular weight excluding hydrogens is 554 g/mol. The monoisotopic (exact) mass is 568 g/mol. The van der Waals surface area contributed by atoms with Crippen molar-refractivity contribution in [2.45, 2.75) is 12.4 Å². The fourth-order valence-electron chi connectivity index (χ4n) is 2.81. The Labute approximate surface area is 219 Å². The normalized spacial score (nSPS) is 10.7. The van der Waals surface area contributed by atoms with Crippen LogP contribution in [0.1, 0.15) is 16.1 Å². The van der Waals surface area contributed by atoms with Crippen LogP contribution in [0.4, 0.5) is 32.2 Å². The van der Waals surface area contributed by atoms with Crippen LogP contribution in [-0.4, -0.2) is 40.2 Å². The van der Waals surface area contributed by atoms with Gasteiger partial charge in [0.1, 0.15) is 18.0 Å². The van der Waals surface area contributed by atoms with Crippen LogP contribution in [0.5, 0.6) is 0 Å². The quantitative estimate of drug-likeness (QED) is 0.264. The fourth-order valence-corrected chi connectivity index (χ4v) is 2.81. The molecular formula is C23H14F6N6O5. The maximum atomic E-state index is 12.8. The third kappa shape index (κ3) is 8.24. The van der Waals surface area contributed by atoms with Gasteiger partial charge >= 0.3 is 18.3 Å². The van der Waals surface area contributed by atoms with Crippen LogP contribution in [-0.2, 0) is 9.59 Å². The van der Waals surface area contributed by atoms with Gasteiger partial charge < -0.3 is 19.8 Å². The van der Waals surface area contributed by atoms with Gasteiger partial charge in [-0.2, -0.15) is 36.0 Å². The molecule has 4 rings (SSSR count). The van der Waals surface area contributed by atoms with E-state index in [1.54, 1.807) is 18.3 Å². The highest BCUT2D eigenvalue weighted by Gasteiger charge is 2.29. The third-order valence-corrected chi connectivity index (χ3v) is 4.45. The van der Waals surface area contributed by atoms with Gasteiger partial charge in [0.05, 0.1) is 23.5 Å². The number of nitriles is 1. The standard InChI is InChI=1S/C19H12N6O.2C2HF3O2/c20-11-13-5-1-2-6-14(13)18-24-17(15-7-3-4-10-25(15)18)19(26)23-16-8-9-21-12-22-16;2*3-2(4,5)1(6)7/h1-10,12H,(H,21,22,23,26);2*(H,6,7). The van der Waals surface area contributed by atoms with Gasteiger partial charge in [0.25, 0.3) is 18.0 Å². The maximum Gasteiger partial charge on any atom is 0.430 e. The highest BCUT2D eigenvalue weighted by molar-refractivity contribution is 6.06. The lowest BCUT2D eigenvalue weighted by molar-refractivity contribution is -0.498. The summed E-state index contributed by atoms with van der Waals surface area (Å²) in [5.41, 5.74) is 2.35. The number of hydrogen-bond acceptors (Lipinski definition) is 7. The van der Waals surface area contributed by atoms with E-state index in [0.29, 0.717) is 28.4 Å². The van der Waals surface area contributed by atoms with Crippen LogP contribution in [0.25, 0.3) is 16.9 Å². The number of nitrogens with zero attached hydrogens (tertiary/aromatic N) is 3. The number of rotatable bonds is 3. The van der Waals surface area contributed by atoms with Crippen molar-refractivity contribution in [1.82, 2.24) is 9.97 Å². The minimum Gasteiger partial charge on any atom is -0.542 e. The van der Waals surface area contributed by atoms with Gasteiger partial charge in [0.2, 0.25) is 5.69 Å². The average Bonchev–Trinajstić information content (AvgIpc) is 3.28. The molecule has 11 nitrogen and oxygen atoms in total. The number of aliphatic carboxylic acids is 2. The first-order chi connectivity index (χ1) is 18.7. The highest BCUT2D eigenvalue weighted by atomic mass is 19.4. The zero-order valence-electron chi connectivity index (χ0n) is 19.5. The molecule has 0 aliphatic heterocycles. The van der Waals surface area contributed by atoms with Gasteiger partial charge in [-0.15, -0.1) is 0 Å². The third-order valence-electron chi connectivity index (χ3n) is 4.45. The van der Waals surface area contributed by atoms with E-state index in [0.717, 1.165) is 5.56 Å². The molecule has 4 aromatic rings. The Kier molecular flexibility index (Phi) is 9.83. The Morgan fingerprint density at radius 3 is 2.05 bits per heavy atom. The predicted molar refractivity (Wildman–Crippen MR) is 115 cm³/mol. The summed E-state index contributed by atoms with van der Waals surface area (Å²) in [5.74, 6) is -5.22. The van der Waals surface area contributed by atoms with Gasteiger partial charge in [-0.25, -0.2) is 4.98 Å². The van der Waals surface area contributed by atoms with Gasteiger partial charge in [0, 0.05) is 6.07 Å². The number of carbonyl (C=O) groups excluding carboxylic acids is 3. The number of hydrogen-bond donors (Lipinski definition) is 2. The molecule has 208 valence electrons. The topological polar surface area (TPSA) is 180 Å².